The Morgan fingerprint density at radius 3 is 2.37 bits per heavy atom. The standard InChI is InChI=1S/C17H21N3O6S/c1-10-15(19-11(2)26-10)9-18-16(21)12-6-13(17(22)25-4)8-14(7-12)20(3)27(5,23)24/h6-8H,9H2,1-5H3,(H,18,21). The van der Waals surface area contributed by atoms with Crippen LogP contribution in [-0.4, -0.2) is 45.7 Å². The van der Waals surface area contributed by atoms with E-state index in [1.54, 1.807) is 13.8 Å². The second kappa shape index (κ2) is 7.78. The van der Waals surface area contributed by atoms with Gasteiger partial charge in [0.1, 0.15) is 11.5 Å². The van der Waals surface area contributed by atoms with Crippen molar-refractivity contribution in [2.75, 3.05) is 24.7 Å². The molecule has 1 N–H and O–H groups in total. The molecule has 27 heavy (non-hydrogen) atoms. The van der Waals surface area contributed by atoms with Crippen LogP contribution in [0.15, 0.2) is 22.6 Å². The molecule has 0 bridgehead atoms. The van der Waals surface area contributed by atoms with Gasteiger partial charge in [0.2, 0.25) is 10.0 Å². The number of carbonyl (C=O) groups excluding carboxylic acids is 2. The number of hydrogen-bond donors (Lipinski definition) is 1. The molecule has 10 heteroatoms. The van der Waals surface area contributed by atoms with Crippen LogP contribution in [-0.2, 0) is 21.3 Å². The molecule has 1 heterocycles. The highest BCUT2D eigenvalue weighted by molar-refractivity contribution is 7.92. The normalized spacial score (nSPS) is 11.1. The summed E-state index contributed by atoms with van der Waals surface area (Å²) in [6, 6.07) is 4.06. The van der Waals surface area contributed by atoms with Crippen molar-refractivity contribution in [1.29, 1.82) is 0 Å². The van der Waals surface area contributed by atoms with Gasteiger partial charge in [0.15, 0.2) is 5.89 Å². The Morgan fingerprint density at radius 1 is 1.22 bits per heavy atom. The van der Waals surface area contributed by atoms with E-state index < -0.39 is 21.9 Å². The summed E-state index contributed by atoms with van der Waals surface area (Å²) in [5, 5.41) is 2.68. The molecular formula is C17H21N3O6S. The molecule has 2 aromatic rings. The fourth-order valence-electron chi connectivity index (χ4n) is 2.35. The summed E-state index contributed by atoms with van der Waals surface area (Å²) in [5.74, 6) is -0.102. The fraction of sp³-hybridized carbons (Fsp3) is 0.353. The average Bonchev–Trinajstić information content (AvgIpc) is 2.94. The van der Waals surface area contributed by atoms with Gasteiger partial charge >= 0.3 is 5.97 Å². The molecule has 1 aromatic carbocycles. The molecule has 9 nitrogen and oxygen atoms in total. The lowest BCUT2D eigenvalue weighted by Crippen LogP contribution is -2.27. The zero-order valence-electron chi connectivity index (χ0n) is 15.7. The summed E-state index contributed by atoms with van der Waals surface area (Å²) >= 11 is 0. The van der Waals surface area contributed by atoms with Gasteiger partial charge in [0, 0.05) is 19.5 Å². The van der Waals surface area contributed by atoms with Crippen LogP contribution in [0.4, 0.5) is 5.69 Å². The Balaban J connectivity index is 2.34. The van der Waals surface area contributed by atoms with Crippen LogP contribution < -0.4 is 9.62 Å². The largest absolute Gasteiger partial charge is 0.465 e. The average molecular weight is 395 g/mol. The first kappa shape index (κ1) is 20.4. The Bertz CT molecular complexity index is 981. The molecule has 0 spiro atoms. The number of anilines is 1. The molecule has 0 saturated carbocycles. The van der Waals surface area contributed by atoms with Gasteiger partial charge in [-0.1, -0.05) is 0 Å². The summed E-state index contributed by atoms with van der Waals surface area (Å²) < 4.78 is 34.6. The van der Waals surface area contributed by atoms with Crippen molar-refractivity contribution in [2.45, 2.75) is 20.4 Å². The first-order valence-electron chi connectivity index (χ1n) is 7.91. The van der Waals surface area contributed by atoms with Crippen molar-refractivity contribution in [1.82, 2.24) is 10.3 Å². The Hall–Kier alpha value is -2.88. The number of benzene rings is 1. The molecule has 0 aliphatic rings. The number of aryl methyl sites for hydroxylation is 2. The fourth-order valence-corrected chi connectivity index (χ4v) is 2.84. The number of aromatic nitrogens is 1. The van der Waals surface area contributed by atoms with E-state index in [9.17, 15) is 18.0 Å². The van der Waals surface area contributed by atoms with E-state index in [0.29, 0.717) is 17.3 Å². The minimum Gasteiger partial charge on any atom is -0.465 e. The summed E-state index contributed by atoms with van der Waals surface area (Å²) in [6.45, 7) is 3.56. The minimum atomic E-state index is -3.58. The molecule has 2 rings (SSSR count). The Morgan fingerprint density at radius 2 is 1.85 bits per heavy atom. The first-order chi connectivity index (χ1) is 12.5. The molecule has 0 atom stereocenters. The highest BCUT2D eigenvalue weighted by Crippen LogP contribution is 2.21. The topological polar surface area (TPSA) is 119 Å². The third kappa shape index (κ3) is 4.85. The molecular weight excluding hydrogens is 374 g/mol. The number of esters is 1. The number of nitrogens with zero attached hydrogens (tertiary/aromatic N) is 2. The van der Waals surface area contributed by atoms with Crippen molar-refractivity contribution in [3.05, 3.63) is 46.7 Å². The van der Waals surface area contributed by atoms with Crippen LogP contribution >= 0.6 is 0 Å². The predicted molar refractivity (Wildman–Crippen MR) is 98.2 cm³/mol. The van der Waals surface area contributed by atoms with Gasteiger partial charge in [-0.2, -0.15) is 0 Å². The van der Waals surface area contributed by atoms with Gasteiger partial charge in [0.25, 0.3) is 5.91 Å². The van der Waals surface area contributed by atoms with Gasteiger partial charge in [-0.25, -0.2) is 18.2 Å². The number of amides is 1. The molecule has 0 aliphatic heterocycles. The quantitative estimate of drug-likeness (QED) is 0.734. The van der Waals surface area contributed by atoms with Crippen LogP contribution in [0.25, 0.3) is 0 Å². The predicted octanol–water partition coefficient (Wildman–Crippen LogP) is 1.40. The van der Waals surface area contributed by atoms with Crippen LogP contribution in [0.2, 0.25) is 0 Å². The molecule has 0 fully saturated rings. The third-order valence-corrected chi connectivity index (χ3v) is 5.08. The molecule has 0 radical (unpaired) electrons. The van der Waals surface area contributed by atoms with Gasteiger partial charge in [-0.15, -0.1) is 0 Å². The Labute approximate surface area is 157 Å². The third-order valence-electron chi connectivity index (χ3n) is 3.88. The maximum atomic E-state index is 12.5. The molecule has 0 unspecified atom stereocenters. The van der Waals surface area contributed by atoms with E-state index in [2.05, 4.69) is 15.0 Å². The number of rotatable bonds is 6. The van der Waals surface area contributed by atoms with Crippen LogP contribution in [0.5, 0.6) is 0 Å². The minimum absolute atomic E-state index is 0.0594. The summed E-state index contributed by atoms with van der Waals surface area (Å²) in [6.07, 6.45) is 1.02. The number of methoxy groups -OCH3 is 1. The first-order valence-corrected chi connectivity index (χ1v) is 9.76. The second-order valence-corrected chi connectivity index (χ2v) is 7.92. The number of oxazole rings is 1. The number of carbonyl (C=O) groups is 2. The van der Waals surface area contributed by atoms with Crippen LogP contribution in [0, 0.1) is 13.8 Å². The van der Waals surface area contributed by atoms with E-state index >= 15 is 0 Å². The van der Waals surface area contributed by atoms with Crippen molar-refractivity contribution in [2.24, 2.45) is 0 Å². The van der Waals surface area contributed by atoms with Gasteiger partial charge < -0.3 is 14.5 Å². The zero-order valence-corrected chi connectivity index (χ0v) is 16.5. The van der Waals surface area contributed by atoms with Gasteiger partial charge in [-0.3, -0.25) is 9.10 Å². The lowest BCUT2D eigenvalue weighted by atomic mass is 10.1. The lowest BCUT2D eigenvalue weighted by Gasteiger charge is -2.18. The van der Waals surface area contributed by atoms with Crippen molar-refractivity contribution < 1.29 is 27.2 Å². The van der Waals surface area contributed by atoms with E-state index in [4.69, 9.17) is 4.42 Å². The SMILES string of the molecule is COC(=O)c1cc(C(=O)NCc2nc(C)oc2C)cc(N(C)S(C)(=O)=O)c1. The van der Waals surface area contributed by atoms with Gasteiger partial charge in [-0.05, 0) is 25.1 Å². The second-order valence-electron chi connectivity index (χ2n) is 5.91. The van der Waals surface area contributed by atoms with Crippen molar-refractivity contribution in [3.8, 4) is 0 Å². The molecule has 1 amide bonds. The maximum Gasteiger partial charge on any atom is 0.337 e. The van der Waals surface area contributed by atoms with E-state index in [1.165, 1.54) is 32.4 Å². The number of ether oxygens (including phenoxy) is 1. The highest BCUT2D eigenvalue weighted by atomic mass is 32.2. The molecule has 146 valence electrons. The Kier molecular flexibility index (Phi) is 5.89. The summed E-state index contributed by atoms with van der Waals surface area (Å²) in [7, 11) is -1.05. The van der Waals surface area contributed by atoms with Gasteiger partial charge in [0.05, 0.1) is 31.2 Å². The van der Waals surface area contributed by atoms with Crippen molar-refractivity contribution >= 4 is 27.6 Å². The lowest BCUT2D eigenvalue weighted by molar-refractivity contribution is 0.0600. The smallest absolute Gasteiger partial charge is 0.337 e. The summed E-state index contributed by atoms with van der Waals surface area (Å²) in [4.78, 5) is 28.6. The van der Waals surface area contributed by atoms with E-state index in [1.807, 2.05) is 0 Å². The summed E-state index contributed by atoms with van der Waals surface area (Å²) in [5.41, 5.74) is 0.919. The van der Waals surface area contributed by atoms with E-state index in [0.717, 1.165) is 10.6 Å². The molecule has 0 aliphatic carbocycles. The zero-order chi connectivity index (χ0) is 20.4. The van der Waals surface area contributed by atoms with Crippen molar-refractivity contribution in [3.63, 3.8) is 0 Å². The maximum absolute atomic E-state index is 12.5. The highest BCUT2D eigenvalue weighted by Gasteiger charge is 2.19. The molecule has 1 aromatic heterocycles. The number of hydrogen-bond acceptors (Lipinski definition) is 7. The number of nitrogens with one attached hydrogen (secondary N) is 1. The van der Waals surface area contributed by atoms with E-state index in [-0.39, 0.29) is 23.4 Å². The van der Waals surface area contributed by atoms with Crippen LogP contribution in [0.1, 0.15) is 38.1 Å². The number of sulfonamides is 1. The molecule has 0 saturated heterocycles. The monoisotopic (exact) mass is 395 g/mol. The van der Waals surface area contributed by atoms with Crippen LogP contribution in [0.3, 0.4) is 0 Å².